The van der Waals surface area contributed by atoms with Gasteiger partial charge in [-0.05, 0) is 24.8 Å². The van der Waals surface area contributed by atoms with Crippen LogP contribution in [0.15, 0.2) is 29.6 Å². The fourth-order valence-electron chi connectivity index (χ4n) is 2.35. The van der Waals surface area contributed by atoms with E-state index in [-0.39, 0.29) is 12.0 Å². The van der Waals surface area contributed by atoms with Crippen molar-refractivity contribution in [2.45, 2.75) is 32.3 Å². The van der Waals surface area contributed by atoms with E-state index in [1.54, 1.807) is 0 Å². The van der Waals surface area contributed by atoms with E-state index in [1.165, 1.54) is 16.9 Å². The molecule has 2 heterocycles. The molecule has 1 aliphatic heterocycles. The monoisotopic (exact) mass is 302 g/mol. The number of aromatic nitrogens is 1. The molecule has 1 saturated heterocycles. The largest absolute Gasteiger partial charge is 0.368 e. The van der Waals surface area contributed by atoms with Crippen molar-refractivity contribution < 1.29 is 9.53 Å². The molecule has 4 nitrogen and oxygen atoms in total. The van der Waals surface area contributed by atoms with Gasteiger partial charge >= 0.3 is 0 Å². The first kappa shape index (κ1) is 14.2. The molecule has 1 amide bonds. The molecule has 0 spiro atoms. The summed E-state index contributed by atoms with van der Waals surface area (Å²) < 4.78 is 5.37. The number of ether oxygens (including phenoxy) is 1. The number of thiazole rings is 1. The summed E-state index contributed by atoms with van der Waals surface area (Å²) in [6.45, 7) is 2.81. The van der Waals surface area contributed by atoms with E-state index < -0.39 is 0 Å². The van der Waals surface area contributed by atoms with Crippen LogP contribution in [-0.2, 0) is 16.0 Å². The minimum Gasteiger partial charge on any atom is -0.368 e. The third-order valence-corrected chi connectivity index (χ3v) is 4.37. The van der Waals surface area contributed by atoms with Crippen molar-refractivity contribution in [2.75, 3.05) is 11.9 Å². The predicted octanol–water partition coefficient (Wildman–Crippen LogP) is 3.49. The summed E-state index contributed by atoms with van der Waals surface area (Å²) in [6.07, 6.45) is 2.45. The number of rotatable bonds is 4. The minimum absolute atomic E-state index is 0.0882. The number of nitrogens with one attached hydrogen (secondary N) is 1. The highest BCUT2D eigenvalue weighted by Gasteiger charge is 2.24. The fourth-order valence-corrected chi connectivity index (χ4v) is 3.07. The van der Waals surface area contributed by atoms with Crippen LogP contribution in [-0.4, -0.2) is 23.6 Å². The Balaban J connectivity index is 1.68. The second kappa shape index (κ2) is 6.37. The van der Waals surface area contributed by atoms with E-state index in [9.17, 15) is 4.79 Å². The number of amides is 1. The molecule has 1 aromatic carbocycles. The van der Waals surface area contributed by atoms with Gasteiger partial charge in [0.25, 0.3) is 5.91 Å². The lowest BCUT2D eigenvalue weighted by atomic mass is 10.1. The van der Waals surface area contributed by atoms with E-state index in [0.29, 0.717) is 11.7 Å². The van der Waals surface area contributed by atoms with Crippen molar-refractivity contribution in [3.05, 3.63) is 35.2 Å². The number of hydrogen-bond acceptors (Lipinski definition) is 4. The molecule has 0 bridgehead atoms. The van der Waals surface area contributed by atoms with Gasteiger partial charge in [0.1, 0.15) is 6.10 Å². The topological polar surface area (TPSA) is 51.2 Å². The minimum atomic E-state index is -0.318. The van der Waals surface area contributed by atoms with Gasteiger partial charge in [-0.3, -0.25) is 10.1 Å². The number of benzene rings is 1. The Morgan fingerprint density at radius 2 is 2.24 bits per heavy atom. The SMILES string of the molecule is CCc1ccc(-c2csc(NC(=O)C3CCCO3)n2)cc1. The maximum atomic E-state index is 12.0. The molecule has 5 heteroatoms. The van der Waals surface area contributed by atoms with Crippen LogP contribution >= 0.6 is 11.3 Å². The molecule has 1 aliphatic rings. The van der Waals surface area contributed by atoms with Crippen LogP contribution in [0.4, 0.5) is 5.13 Å². The second-order valence-corrected chi connectivity index (χ2v) is 5.94. The molecular weight excluding hydrogens is 284 g/mol. The maximum Gasteiger partial charge on any atom is 0.255 e. The van der Waals surface area contributed by atoms with E-state index in [1.807, 2.05) is 5.38 Å². The van der Waals surface area contributed by atoms with E-state index in [2.05, 4.69) is 41.5 Å². The van der Waals surface area contributed by atoms with Crippen LogP contribution in [0.1, 0.15) is 25.3 Å². The Hall–Kier alpha value is -1.72. The lowest BCUT2D eigenvalue weighted by molar-refractivity contribution is -0.124. The van der Waals surface area contributed by atoms with Gasteiger partial charge in [-0.25, -0.2) is 4.98 Å². The van der Waals surface area contributed by atoms with E-state index >= 15 is 0 Å². The number of aryl methyl sites for hydroxylation is 1. The lowest BCUT2D eigenvalue weighted by Gasteiger charge is -2.07. The summed E-state index contributed by atoms with van der Waals surface area (Å²) in [5, 5.41) is 5.43. The summed E-state index contributed by atoms with van der Waals surface area (Å²) in [6, 6.07) is 8.36. The zero-order valence-electron chi connectivity index (χ0n) is 12.0. The molecule has 0 saturated carbocycles. The van der Waals surface area contributed by atoms with Crippen LogP contribution in [0.5, 0.6) is 0 Å². The highest BCUT2D eigenvalue weighted by molar-refractivity contribution is 7.14. The number of carbonyl (C=O) groups is 1. The van der Waals surface area contributed by atoms with Gasteiger partial charge in [-0.15, -0.1) is 11.3 Å². The average molecular weight is 302 g/mol. The molecule has 110 valence electrons. The number of nitrogens with zero attached hydrogens (tertiary/aromatic N) is 1. The predicted molar refractivity (Wildman–Crippen MR) is 84.5 cm³/mol. The molecule has 1 N–H and O–H groups in total. The fraction of sp³-hybridized carbons (Fsp3) is 0.375. The number of hydrogen-bond donors (Lipinski definition) is 1. The molecule has 2 aromatic rings. The molecule has 1 fully saturated rings. The zero-order valence-corrected chi connectivity index (χ0v) is 12.8. The molecule has 0 aliphatic carbocycles. The average Bonchev–Trinajstić information content (AvgIpc) is 3.19. The molecule has 3 rings (SSSR count). The van der Waals surface area contributed by atoms with Gasteiger partial charge in [-0.1, -0.05) is 31.2 Å². The van der Waals surface area contributed by atoms with Gasteiger partial charge in [0.05, 0.1) is 5.69 Å². The van der Waals surface area contributed by atoms with Crippen molar-refractivity contribution >= 4 is 22.4 Å². The smallest absolute Gasteiger partial charge is 0.255 e. The van der Waals surface area contributed by atoms with Crippen LogP contribution < -0.4 is 5.32 Å². The van der Waals surface area contributed by atoms with Crippen LogP contribution in [0, 0.1) is 0 Å². The molecular formula is C16H18N2O2S. The van der Waals surface area contributed by atoms with Crippen molar-refractivity contribution in [3.8, 4) is 11.3 Å². The first-order valence-corrected chi connectivity index (χ1v) is 8.11. The summed E-state index contributed by atoms with van der Waals surface area (Å²) in [5.41, 5.74) is 3.27. The van der Waals surface area contributed by atoms with Crippen LogP contribution in [0.3, 0.4) is 0 Å². The third-order valence-electron chi connectivity index (χ3n) is 3.61. The Kier molecular flexibility index (Phi) is 4.31. The molecule has 0 radical (unpaired) electrons. The van der Waals surface area contributed by atoms with Crippen LogP contribution in [0.2, 0.25) is 0 Å². The molecule has 1 aromatic heterocycles. The van der Waals surface area contributed by atoms with Crippen molar-refractivity contribution in [3.63, 3.8) is 0 Å². The molecule has 21 heavy (non-hydrogen) atoms. The normalized spacial score (nSPS) is 17.9. The number of anilines is 1. The Morgan fingerprint density at radius 3 is 2.90 bits per heavy atom. The molecule has 1 atom stereocenters. The van der Waals surface area contributed by atoms with Gasteiger partial charge in [0, 0.05) is 17.6 Å². The van der Waals surface area contributed by atoms with Gasteiger partial charge in [0.15, 0.2) is 5.13 Å². The van der Waals surface area contributed by atoms with Crippen molar-refractivity contribution in [1.82, 2.24) is 4.98 Å². The zero-order chi connectivity index (χ0) is 14.7. The summed E-state index contributed by atoms with van der Waals surface area (Å²) in [4.78, 5) is 16.5. The third kappa shape index (κ3) is 3.31. The summed E-state index contributed by atoms with van der Waals surface area (Å²) >= 11 is 1.44. The van der Waals surface area contributed by atoms with E-state index in [4.69, 9.17) is 4.74 Å². The van der Waals surface area contributed by atoms with Crippen molar-refractivity contribution in [2.24, 2.45) is 0 Å². The number of carbonyl (C=O) groups excluding carboxylic acids is 1. The lowest BCUT2D eigenvalue weighted by Crippen LogP contribution is -2.26. The quantitative estimate of drug-likeness (QED) is 0.940. The highest BCUT2D eigenvalue weighted by atomic mass is 32.1. The first-order valence-electron chi connectivity index (χ1n) is 7.23. The Labute approximate surface area is 128 Å². The van der Waals surface area contributed by atoms with Gasteiger partial charge in [0.2, 0.25) is 0 Å². The highest BCUT2D eigenvalue weighted by Crippen LogP contribution is 2.26. The second-order valence-electron chi connectivity index (χ2n) is 5.08. The standard InChI is InChI=1S/C16H18N2O2S/c1-2-11-5-7-12(8-6-11)13-10-21-16(17-13)18-15(19)14-4-3-9-20-14/h5-8,10,14H,2-4,9H2,1H3,(H,17,18,19). The summed E-state index contributed by atoms with van der Waals surface area (Å²) in [5.74, 6) is -0.0882. The Bertz CT molecular complexity index is 615. The Morgan fingerprint density at radius 1 is 1.43 bits per heavy atom. The van der Waals surface area contributed by atoms with Crippen molar-refractivity contribution in [1.29, 1.82) is 0 Å². The first-order chi connectivity index (χ1) is 10.3. The van der Waals surface area contributed by atoms with E-state index in [0.717, 1.165) is 30.5 Å². The van der Waals surface area contributed by atoms with Gasteiger partial charge < -0.3 is 4.74 Å². The molecule has 1 unspecified atom stereocenters. The van der Waals surface area contributed by atoms with Crippen LogP contribution in [0.25, 0.3) is 11.3 Å². The van der Waals surface area contributed by atoms with Gasteiger partial charge in [-0.2, -0.15) is 0 Å². The maximum absolute atomic E-state index is 12.0. The summed E-state index contributed by atoms with van der Waals surface area (Å²) in [7, 11) is 0.